The molecule has 1 amide bonds. The Labute approximate surface area is 113 Å². The maximum absolute atomic E-state index is 12.3. The Bertz CT molecular complexity index is 397. The van der Waals surface area contributed by atoms with Crippen LogP contribution in [0.25, 0.3) is 0 Å². The first-order chi connectivity index (χ1) is 8.74. The van der Waals surface area contributed by atoms with Gasteiger partial charge in [-0.25, -0.2) is 0 Å². The number of likely N-dealkylation sites (tertiary alicyclic amines) is 1. The third-order valence-electron chi connectivity index (χ3n) is 3.50. The van der Waals surface area contributed by atoms with Gasteiger partial charge in [-0.15, -0.1) is 0 Å². The van der Waals surface area contributed by atoms with E-state index in [0.29, 0.717) is 11.8 Å². The minimum atomic E-state index is 0.151. The first-order valence-electron chi connectivity index (χ1n) is 6.35. The van der Waals surface area contributed by atoms with Gasteiger partial charge in [-0.3, -0.25) is 4.79 Å². The number of hydrogen-bond donors (Lipinski definition) is 1. The number of piperidine rings is 1. The van der Waals surface area contributed by atoms with E-state index in [1.54, 1.807) is 0 Å². The molecule has 3 nitrogen and oxygen atoms in total. The van der Waals surface area contributed by atoms with Gasteiger partial charge in [0.1, 0.15) is 0 Å². The molecule has 0 atom stereocenters. The van der Waals surface area contributed by atoms with Gasteiger partial charge < -0.3 is 10.6 Å². The van der Waals surface area contributed by atoms with Gasteiger partial charge >= 0.3 is 0 Å². The summed E-state index contributed by atoms with van der Waals surface area (Å²) in [6.45, 7) is 2.28. The fraction of sp³-hybridized carbons (Fsp3) is 0.500. The van der Waals surface area contributed by atoms with Crippen molar-refractivity contribution in [1.82, 2.24) is 4.90 Å². The van der Waals surface area contributed by atoms with Crippen LogP contribution >= 0.6 is 11.8 Å². The van der Waals surface area contributed by atoms with Gasteiger partial charge in [-0.1, -0.05) is 12.1 Å². The first kappa shape index (κ1) is 13.4. The van der Waals surface area contributed by atoms with Crippen LogP contribution in [0.4, 0.5) is 0 Å². The van der Waals surface area contributed by atoms with Gasteiger partial charge in [0.2, 0.25) is 0 Å². The molecule has 2 N–H and O–H groups in total. The van der Waals surface area contributed by atoms with Crippen molar-refractivity contribution >= 4 is 17.7 Å². The lowest BCUT2D eigenvalue weighted by atomic mass is 10.1. The summed E-state index contributed by atoms with van der Waals surface area (Å²) >= 11 is 1.91. The Morgan fingerprint density at radius 1 is 1.33 bits per heavy atom. The fourth-order valence-electron chi connectivity index (χ4n) is 2.26. The highest BCUT2D eigenvalue weighted by atomic mass is 32.2. The third kappa shape index (κ3) is 3.06. The molecule has 4 heteroatoms. The molecule has 1 heterocycles. The number of nitrogens with zero attached hydrogens (tertiary/aromatic N) is 1. The summed E-state index contributed by atoms with van der Waals surface area (Å²) in [6, 6.07) is 7.63. The molecule has 18 heavy (non-hydrogen) atoms. The Morgan fingerprint density at radius 3 is 2.44 bits per heavy atom. The molecule has 0 radical (unpaired) electrons. The first-order valence-corrected chi connectivity index (χ1v) is 7.64. The van der Waals surface area contributed by atoms with Crippen molar-refractivity contribution in [2.45, 2.75) is 24.6 Å². The monoisotopic (exact) mass is 264 g/mol. The number of hydrogen-bond acceptors (Lipinski definition) is 3. The Kier molecular flexibility index (Phi) is 4.66. The topological polar surface area (TPSA) is 46.3 Å². The van der Waals surface area contributed by atoms with Crippen molar-refractivity contribution in [3.63, 3.8) is 0 Å². The van der Waals surface area contributed by atoms with Gasteiger partial charge in [0.25, 0.3) is 5.91 Å². The van der Waals surface area contributed by atoms with Gasteiger partial charge in [0.05, 0.1) is 0 Å². The average Bonchev–Trinajstić information content (AvgIpc) is 2.47. The zero-order chi connectivity index (χ0) is 13.0. The van der Waals surface area contributed by atoms with Crippen molar-refractivity contribution in [2.24, 2.45) is 5.73 Å². The summed E-state index contributed by atoms with van der Waals surface area (Å²) in [5.41, 5.74) is 7.39. The summed E-state index contributed by atoms with van der Waals surface area (Å²) in [5, 5.41) is 0.716. The van der Waals surface area contributed by atoms with Crippen LogP contribution in [0, 0.1) is 0 Å². The van der Waals surface area contributed by atoms with Gasteiger partial charge in [0.15, 0.2) is 0 Å². The predicted octanol–water partition coefficient (Wildman–Crippen LogP) is 2.11. The highest BCUT2D eigenvalue weighted by molar-refractivity contribution is 7.99. The third-order valence-corrected chi connectivity index (χ3v) is 4.64. The molecule has 1 aromatic carbocycles. The molecule has 1 aromatic rings. The molecule has 1 fully saturated rings. The summed E-state index contributed by atoms with van der Waals surface area (Å²) in [7, 11) is 0. The molecule has 0 aromatic heterocycles. The van der Waals surface area contributed by atoms with E-state index in [0.717, 1.165) is 37.1 Å². The number of benzene rings is 1. The van der Waals surface area contributed by atoms with E-state index in [2.05, 4.69) is 6.26 Å². The maximum Gasteiger partial charge on any atom is 0.253 e. The lowest BCUT2D eigenvalue weighted by molar-refractivity contribution is 0.0727. The number of amides is 1. The largest absolute Gasteiger partial charge is 0.339 e. The molecular weight excluding hydrogens is 244 g/mol. The summed E-state index contributed by atoms with van der Waals surface area (Å²) < 4.78 is 0. The molecule has 98 valence electrons. The van der Waals surface area contributed by atoms with Crippen LogP contribution < -0.4 is 5.73 Å². The van der Waals surface area contributed by atoms with E-state index < -0.39 is 0 Å². The van der Waals surface area contributed by atoms with Crippen LogP contribution in [0.2, 0.25) is 0 Å². The number of nitrogens with two attached hydrogens (primary N) is 1. The Balaban J connectivity index is 1.98. The molecule has 0 unspecified atom stereocenters. The second kappa shape index (κ2) is 6.25. The number of carbonyl (C=O) groups excluding carboxylic acids is 1. The van der Waals surface area contributed by atoms with Crippen LogP contribution in [0.15, 0.2) is 24.3 Å². The summed E-state index contributed by atoms with van der Waals surface area (Å²) in [5.74, 6) is 0.151. The quantitative estimate of drug-likeness (QED) is 0.909. The van der Waals surface area contributed by atoms with Crippen LogP contribution in [-0.4, -0.2) is 35.4 Å². The van der Waals surface area contributed by atoms with Crippen molar-refractivity contribution in [3.8, 4) is 0 Å². The molecule has 1 aliphatic heterocycles. The smallest absolute Gasteiger partial charge is 0.253 e. The van der Waals surface area contributed by atoms with Crippen molar-refractivity contribution in [1.29, 1.82) is 0 Å². The van der Waals surface area contributed by atoms with Gasteiger partial charge in [-0.2, -0.15) is 11.8 Å². The molecule has 0 saturated carbocycles. The molecule has 0 spiro atoms. The number of thioether (sulfide) groups is 1. The van der Waals surface area contributed by atoms with E-state index in [4.69, 9.17) is 5.73 Å². The lowest BCUT2D eigenvalue weighted by Gasteiger charge is -2.31. The predicted molar refractivity (Wildman–Crippen MR) is 76.8 cm³/mol. The zero-order valence-electron chi connectivity index (χ0n) is 10.8. The summed E-state index contributed by atoms with van der Waals surface area (Å²) in [4.78, 5) is 14.2. The van der Waals surface area contributed by atoms with E-state index in [9.17, 15) is 4.79 Å². The highest BCUT2D eigenvalue weighted by Crippen LogP contribution is 2.22. The number of rotatable bonds is 3. The van der Waals surface area contributed by atoms with Crippen LogP contribution in [-0.2, 0) is 6.54 Å². The van der Waals surface area contributed by atoms with Crippen molar-refractivity contribution in [2.75, 3.05) is 19.3 Å². The fourth-order valence-corrected chi connectivity index (χ4v) is 2.94. The van der Waals surface area contributed by atoms with E-state index in [-0.39, 0.29) is 5.91 Å². The standard InChI is InChI=1S/C14H20N2OS/c1-18-13-6-8-16(9-7-13)14(17)12-4-2-11(10-15)3-5-12/h2-5,13H,6-10,15H2,1H3. The van der Waals surface area contributed by atoms with Gasteiger partial charge in [-0.05, 0) is 36.8 Å². The minimum Gasteiger partial charge on any atom is -0.339 e. The van der Waals surface area contributed by atoms with E-state index >= 15 is 0 Å². The second-order valence-corrected chi connectivity index (χ2v) is 5.77. The highest BCUT2D eigenvalue weighted by Gasteiger charge is 2.22. The lowest BCUT2D eigenvalue weighted by Crippen LogP contribution is -2.39. The van der Waals surface area contributed by atoms with Crippen LogP contribution in [0.3, 0.4) is 0 Å². The minimum absolute atomic E-state index is 0.151. The SMILES string of the molecule is CSC1CCN(C(=O)c2ccc(CN)cc2)CC1. The Morgan fingerprint density at radius 2 is 1.94 bits per heavy atom. The molecular formula is C14H20N2OS. The molecule has 2 rings (SSSR count). The van der Waals surface area contributed by atoms with Crippen LogP contribution in [0.1, 0.15) is 28.8 Å². The molecule has 0 bridgehead atoms. The van der Waals surface area contributed by atoms with E-state index in [1.165, 1.54) is 0 Å². The molecule has 0 aliphatic carbocycles. The zero-order valence-corrected chi connectivity index (χ0v) is 11.6. The molecule has 1 aliphatic rings. The van der Waals surface area contributed by atoms with E-state index in [1.807, 2.05) is 40.9 Å². The number of carbonyl (C=O) groups is 1. The summed E-state index contributed by atoms with van der Waals surface area (Å²) in [6.07, 6.45) is 4.36. The van der Waals surface area contributed by atoms with Crippen molar-refractivity contribution < 1.29 is 4.79 Å². The second-order valence-electron chi connectivity index (χ2n) is 4.63. The van der Waals surface area contributed by atoms with Crippen molar-refractivity contribution in [3.05, 3.63) is 35.4 Å². The Hall–Kier alpha value is -1.00. The maximum atomic E-state index is 12.3. The van der Waals surface area contributed by atoms with Gasteiger partial charge in [0, 0.05) is 30.4 Å². The molecule has 1 saturated heterocycles. The van der Waals surface area contributed by atoms with Crippen LogP contribution in [0.5, 0.6) is 0 Å². The average molecular weight is 264 g/mol. The normalized spacial score (nSPS) is 16.9.